The molecule has 0 fully saturated rings. The van der Waals surface area contributed by atoms with Crippen LogP contribution in [0.2, 0.25) is 0 Å². The molecule has 0 aromatic heterocycles. The molecule has 36 heavy (non-hydrogen) atoms. The molecule has 0 bridgehead atoms. The lowest BCUT2D eigenvalue weighted by Crippen LogP contribution is -2.19. The fraction of sp³-hybridized carbons (Fsp3) is 0.0667. The first-order valence-corrected chi connectivity index (χ1v) is 14.2. The quantitative estimate of drug-likeness (QED) is 0.177. The minimum atomic E-state index is -1.21. The van der Waals surface area contributed by atoms with E-state index in [1.807, 2.05) is 86.6 Å². The van der Waals surface area contributed by atoms with Gasteiger partial charge in [0, 0.05) is 21.2 Å². The first-order valence-electron chi connectivity index (χ1n) is 11.6. The van der Waals surface area contributed by atoms with Crippen LogP contribution < -0.4 is 32.7 Å². The molecule has 182 valence electrons. The summed E-state index contributed by atoms with van der Waals surface area (Å²) in [6.07, 6.45) is 0. The van der Waals surface area contributed by atoms with Crippen molar-refractivity contribution in [2.24, 2.45) is 11.5 Å². The molecule has 0 heterocycles. The molecule has 4 aromatic carbocycles. The Balaban J connectivity index is 1.75. The molecule has 0 spiro atoms. The van der Waals surface area contributed by atoms with E-state index in [1.54, 1.807) is 0 Å². The molecule has 0 saturated carbocycles. The van der Waals surface area contributed by atoms with Crippen molar-refractivity contribution >= 4 is 37.5 Å². The van der Waals surface area contributed by atoms with E-state index >= 15 is 0 Å². The third-order valence-electron chi connectivity index (χ3n) is 5.25. The molecule has 0 aliphatic carbocycles. The van der Waals surface area contributed by atoms with E-state index in [1.165, 1.54) is 0 Å². The fourth-order valence-electron chi connectivity index (χ4n) is 3.53. The smallest absolute Gasteiger partial charge is 0.186 e. The molecule has 4 rings (SSSR count). The minimum absolute atomic E-state index is 0.466. The van der Waals surface area contributed by atoms with E-state index in [9.17, 15) is 0 Å². The van der Waals surface area contributed by atoms with Gasteiger partial charge in [0.25, 0.3) is 0 Å². The molecule has 0 amide bonds. The molecule has 4 aromatic rings. The van der Waals surface area contributed by atoms with Crippen LogP contribution >= 0.6 is 16.3 Å². The van der Waals surface area contributed by atoms with Gasteiger partial charge < -0.3 is 20.5 Å². The molecule has 0 radical (unpaired) electrons. The van der Waals surface area contributed by atoms with Crippen LogP contribution in [-0.2, 0) is 9.05 Å². The Morgan fingerprint density at radius 3 is 0.861 bits per heavy atom. The van der Waals surface area contributed by atoms with Crippen molar-refractivity contribution in [3.63, 3.8) is 0 Å². The Morgan fingerprint density at radius 1 is 0.444 bits per heavy atom. The lowest BCUT2D eigenvalue weighted by molar-refractivity contribution is 0.387. The molecule has 4 N–H and O–H groups in total. The van der Waals surface area contributed by atoms with Gasteiger partial charge >= 0.3 is 0 Å². The molecule has 0 unspecified atom stereocenters. The van der Waals surface area contributed by atoms with E-state index < -0.39 is 16.3 Å². The number of benzene rings is 4. The number of rotatable bonds is 9. The summed E-state index contributed by atoms with van der Waals surface area (Å²) in [5.41, 5.74) is 13.9. The Bertz CT molecular complexity index is 1120. The normalized spacial score (nSPS) is 12.7. The second kappa shape index (κ2) is 12.4. The SMILES string of the molecule is C/C(N)=C(OP(c1ccccc1)c1ccccc1)/C(OP(c1ccccc1)c1ccccc1)=C(/C)N. The van der Waals surface area contributed by atoms with E-state index in [2.05, 4.69) is 48.5 Å². The Labute approximate surface area is 215 Å². The molecular formula is C30H30N2O2P2. The van der Waals surface area contributed by atoms with E-state index in [-0.39, 0.29) is 0 Å². The third kappa shape index (κ3) is 6.34. The van der Waals surface area contributed by atoms with Crippen molar-refractivity contribution < 1.29 is 9.05 Å². The van der Waals surface area contributed by atoms with Crippen LogP contribution in [0.15, 0.2) is 144 Å². The maximum atomic E-state index is 6.75. The summed E-state index contributed by atoms with van der Waals surface area (Å²) in [6.45, 7) is 3.64. The molecule has 0 saturated heterocycles. The summed E-state index contributed by atoms with van der Waals surface area (Å²) in [7, 11) is -2.43. The first kappa shape index (κ1) is 25.5. The molecule has 0 atom stereocenters. The second-order valence-electron chi connectivity index (χ2n) is 8.14. The van der Waals surface area contributed by atoms with E-state index in [0.717, 1.165) is 21.2 Å². The monoisotopic (exact) mass is 512 g/mol. The molecule has 4 nitrogen and oxygen atoms in total. The molecule has 0 aliphatic heterocycles. The van der Waals surface area contributed by atoms with Crippen LogP contribution in [0, 0.1) is 0 Å². The van der Waals surface area contributed by atoms with Crippen molar-refractivity contribution in [3.8, 4) is 0 Å². The van der Waals surface area contributed by atoms with Gasteiger partial charge in [-0.1, -0.05) is 121 Å². The van der Waals surface area contributed by atoms with Crippen LogP contribution in [0.4, 0.5) is 0 Å². The third-order valence-corrected chi connectivity index (χ3v) is 9.05. The lowest BCUT2D eigenvalue weighted by Gasteiger charge is -2.27. The van der Waals surface area contributed by atoms with Crippen LogP contribution in [0.3, 0.4) is 0 Å². The zero-order valence-electron chi connectivity index (χ0n) is 20.4. The van der Waals surface area contributed by atoms with Gasteiger partial charge in [0.05, 0.1) is 11.4 Å². The second-order valence-corrected chi connectivity index (χ2v) is 11.7. The number of hydrogen-bond donors (Lipinski definition) is 2. The summed E-state index contributed by atoms with van der Waals surface area (Å²) in [5.74, 6) is 0.932. The van der Waals surface area contributed by atoms with Gasteiger partial charge in [0.15, 0.2) is 27.8 Å². The minimum Gasteiger partial charge on any atom is -0.459 e. The van der Waals surface area contributed by atoms with Gasteiger partial charge in [-0.25, -0.2) is 0 Å². The topological polar surface area (TPSA) is 70.5 Å². The average Bonchev–Trinajstić information content (AvgIpc) is 2.92. The zero-order chi connectivity index (χ0) is 25.3. The van der Waals surface area contributed by atoms with Gasteiger partial charge in [-0.05, 0) is 13.8 Å². The molecule has 6 heteroatoms. The van der Waals surface area contributed by atoms with E-state index in [0.29, 0.717) is 22.9 Å². The largest absolute Gasteiger partial charge is 0.459 e. The number of allylic oxidation sites excluding steroid dienone is 2. The Hall–Kier alpha value is -3.58. The summed E-state index contributed by atoms with van der Waals surface area (Å²) in [5, 5.41) is 4.28. The van der Waals surface area contributed by atoms with Gasteiger partial charge in [0.2, 0.25) is 0 Å². The predicted octanol–water partition coefficient (Wildman–Crippen LogP) is 5.50. The van der Waals surface area contributed by atoms with Gasteiger partial charge in [0.1, 0.15) is 0 Å². The Morgan fingerprint density at radius 2 is 0.667 bits per heavy atom. The molecular weight excluding hydrogens is 482 g/mol. The Kier molecular flexibility index (Phi) is 8.79. The summed E-state index contributed by atoms with van der Waals surface area (Å²) in [6, 6.07) is 40.7. The van der Waals surface area contributed by atoms with Gasteiger partial charge in [-0.2, -0.15) is 0 Å². The highest BCUT2D eigenvalue weighted by Gasteiger charge is 2.27. The zero-order valence-corrected chi connectivity index (χ0v) is 22.2. The fourth-order valence-corrected chi connectivity index (χ4v) is 7.14. The van der Waals surface area contributed by atoms with Crippen molar-refractivity contribution in [1.29, 1.82) is 0 Å². The van der Waals surface area contributed by atoms with Crippen molar-refractivity contribution in [2.45, 2.75) is 13.8 Å². The average molecular weight is 513 g/mol. The number of hydrogen-bond acceptors (Lipinski definition) is 4. The first-order chi connectivity index (χ1) is 17.5. The van der Waals surface area contributed by atoms with Crippen LogP contribution in [0.25, 0.3) is 0 Å². The maximum Gasteiger partial charge on any atom is 0.186 e. The van der Waals surface area contributed by atoms with Crippen molar-refractivity contribution in [3.05, 3.63) is 144 Å². The molecule has 0 aliphatic rings. The summed E-state index contributed by atoms with van der Waals surface area (Å²) < 4.78 is 13.5. The lowest BCUT2D eigenvalue weighted by atomic mass is 10.3. The van der Waals surface area contributed by atoms with Crippen molar-refractivity contribution in [2.75, 3.05) is 0 Å². The standard InChI is InChI=1S/C30H30N2O2P2/c1-23(31)29(33-35(25-15-7-3-8-16-25)26-17-9-4-10-18-26)30(24(2)32)34-36(27-19-11-5-12-20-27)28-21-13-6-14-22-28/h3-22H,31-32H2,1-2H3/b29-23+,30-24+. The number of nitrogens with two attached hydrogens (primary N) is 2. The maximum absolute atomic E-state index is 6.75. The summed E-state index contributed by atoms with van der Waals surface area (Å²) in [4.78, 5) is 0. The highest BCUT2D eigenvalue weighted by atomic mass is 31.1. The van der Waals surface area contributed by atoms with Gasteiger partial charge in [-0.3, -0.25) is 0 Å². The van der Waals surface area contributed by atoms with Crippen LogP contribution in [0.1, 0.15) is 13.8 Å². The van der Waals surface area contributed by atoms with Crippen LogP contribution in [0.5, 0.6) is 0 Å². The highest BCUT2D eigenvalue weighted by molar-refractivity contribution is 7.69. The van der Waals surface area contributed by atoms with Gasteiger partial charge in [-0.15, -0.1) is 0 Å². The highest BCUT2D eigenvalue weighted by Crippen LogP contribution is 2.45. The summed E-state index contributed by atoms with van der Waals surface area (Å²) >= 11 is 0. The van der Waals surface area contributed by atoms with Crippen LogP contribution in [-0.4, -0.2) is 0 Å². The predicted molar refractivity (Wildman–Crippen MR) is 154 cm³/mol. The van der Waals surface area contributed by atoms with Crippen molar-refractivity contribution in [1.82, 2.24) is 0 Å². The van der Waals surface area contributed by atoms with E-state index in [4.69, 9.17) is 20.5 Å².